The fourth-order valence-electron chi connectivity index (χ4n) is 5.07. The van der Waals surface area contributed by atoms with Crippen LogP contribution in [0.4, 0.5) is 9.18 Å². The predicted molar refractivity (Wildman–Crippen MR) is 124 cm³/mol. The smallest absolute Gasteiger partial charge is 0.322 e. The minimum Gasteiger partial charge on any atom is -0.493 e. The van der Waals surface area contributed by atoms with E-state index in [0.29, 0.717) is 42.2 Å². The number of imide groups is 1. The first-order valence-corrected chi connectivity index (χ1v) is 11.3. The Labute approximate surface area is 198 Å². The number of hydrogen-bond acceptors (Lipinski definition) is 6. The molecule has 4 rings (SSSR count). The second kappa shape index (κ2) is 9.89. The summed E-state index contributed by atoms with van der Waals surface area (Å²) in [7, 11) is 4.74. The van der Waals surface area contributed by atoms with E-state index in [2.05, 4.69) is 15.5 Å². The van der Waals surface area contributed by atoms with Crippen LogP contribution in [0.1, 0.15) is 24.0 Å². The highest BCUT2D eigenvalue weighted by atomic mass is 19.1. The summed E-state index contributed by atoms with van der Waals surface area (Å²) in [6.45, 7) is 2.12. The highest BCUT2D eigenvalue weighted by Crippen LogP contribution is 2.39. The normalized spacial score (nSPS) is 21.2. The van der Waals surface area contributed by atoms with Crippen molar-refractivity contribution in [1.29, 1.82) is 0 Å². The van der Waals surface area contributed by atoms with E-state index in [0.717, 1.165) is 18.7 Å². The van der Waals surface area contributed by atoms with Gasteiger partial charge in [0.2, 0.25) is 5.75 Å². The zero-order valence-corrected chi connectivity index (χ0v) is 19.7. The molecule has 0 radical (unpaired) electrons. The van der Waals surface area contributed by atoms with Gasteiger partial charge < -0.3 is 19.5 Å². The Morgan fingerprint density at radius 2 is 1.68 bits per heavy atom. The van der Waals surface area contributed by atoms with Crippen LogP contribution in [-0.2, 0) is 17.8 Å². The van der Waals surface area contributed by atoms with Gasteiger partial charge in [0.25, 0.3) is 5.91 Å². The Morgan fingerprint density at radius 3 is 2.21 bits per heavy atom. The van der Waals surface area contributed by atoms with Gasteiger partial charge in [-0.3, -0.25) is 15.0 Å². The van der Waals surface area contributed by atoms with Crippen molar-refractivity contribution in [1.82, 2.24) is 15.5 Å². The second-order valence-corrected chi connectivity index (χ2v) is 8.73. The number of ether oxygens (including phenoxy) is 3. The van der Waals surface area contributed by atoms with Crippen molar-refractivity contribution in [3.63, 3.8) is 0 Å². The SMILES string of the molecule is COc1cc(CN2CCC([C@@]3(Cc4ccccc4F)NC(=O)NC3=O)CC2)cc(OC)c1OC. The molecular weight excluding hydrogens is 441 g/mol. The van der Waals surface area contributed by atoms with Crippen molar-refractivity contribution >= 4 is 11.9 Å². The predicted octanol–water partition coefficient (Wildman–Crippen LogP) is 2.88. The van der Waals surface area contributed by atoms with E-state index >= 15 is 0 Å². The van der Waals surface area contributed by atoms with Gasteiger partial charge in [-0.05, 0) is 61.2 Å². The number of methoxy groups -OCH3 is 3. The van der Waals surface area contributed by atoms with Crippen molar-refractivity contribution < 1.29 is 28.2 Å². The maximum Gasteiger partial charge on any atom is 0.322 e. The molecule has 2 aliphatic heterocycles. The lowest BCUT2D eigenvalue weighted by Crippen LogP contribution is -2.57. The summed E-state index contributed by atoms with van der Waals surface area (Å²) in [5, 5.41) is 5.21. The van der Waals surface area contributed by atoms with Crippen molar-refractivity contribution in [2.75, 3.05) is 34.4 Å². The average molecular weight is 472 g/mol. The van der Waals surface area contributed by atoms with Gasteiger partial charge in [-0.25, -0.2) is 9.18 Å². The first-order valence-electron chi connectivity index (χ1n) is 11.3. The standard InChI is InChI=1S/C25H30FN3O5/c1-32-20-12-16(13-21(33-2)22(20)34-3)15-29-10-8-18(9-11-29)25(23(30)27-24(31)28-25)14-17-6-4-5-7-19(17)26/h4-7,12-13,18H,8-11,14-15H2,1-3H3,(H2,27,28,30,31)/t25-/m1/s1. The molecular formula is C25H30FN3O5. The molecule has 0 unspecified atom stereocenters. The number of carbonyl (C=O) groups is 2. The van der Waals surface area contributed by atoms with Crippen LogP contribution < -0.4 is 24.8 Å². The van der Waals surface area contributed by atoms with Gasteiger partial charge in [-0.15, -0.1) is 0 Å². The number of rotatable bonds is 8. The molecule has 0 spiro atoms. The van der Waals surface area contributed by atoms with E-state index in [4.69, 9.17) is 14.2 Å². The summed E-state index contributed by atoms with van der Waals surface area (Å²) < 4.78 is 30.7. The van der Waals surface area contributed by atoms with Gasteiger partial charge >= 0.3 is 6.03 Å². The third-order valence-electron chi connectivity index (χ3n) is 6.81. The minimum atomic E-state index is -1.15. The number of likely N-dealkylation sites (tertiary alicyclic amines) is 1. The number of nitrogens with zero attached hydrogens (tertiary/aromatic N) is 1. The molecule has 2 aliphatic rings. The largest absolute Gasteiger partial charge is 0.493 e. The van der Waals surface area contributed by atoms with E-state index in [-0.39, 0.29) is 24.1 Å². The maximum atomic E-state index is 14.4. The molecule has 1 atom stereocenters. The van der Waals surface area contributed by atoms with Crippen LogP contribution in [0, 0.1) is 11.7 Å². The minimum absolute atomic E-state index is 0.116. The molecule has 2 N–H and O–H groups in total. The lowest BCUT2D eigenvalue weighted by molar-refractivity contribution is -0.126. The molecule has 34 heavy (non-hydrogen) atoms. The van der Waals surface area contributed by atoms with Crippen LogP contribution in [0.3, 0.4) is 0 Å². The van der Waals surface area contributed by atoms with Gasteiger partial charge in [-0.2, -0.15) is 0 Å². The van der Waals surface area contributed by atoms with Crippen molar-refractivity contribution in [2.45, 2.75) is 31.3 Å². The summed E-state index contributed by atoms with van der Waals surface area (Å²) >= 11 is 0. The Hall–Kier alpha value is -3.33. The number of piperidine rings is 1. The lowest BCUT2D eigenvalue weighted by Gasteiger charge is -2.40. The summed E-state index contributed by atoms with van der Waals surface area (Å²) in [5.41, 5.74) is 0.276. The fraction of sp³-hybridized carbons (Fsp3) is 0.440. The Balaban J connectivity index is 1.49. The van der Waals surface area contributed by atoms with E-state index in [1.165, 1.54) is 6.07 Å². The monoisotopic (exact) mass is 471 g/mol. The van der Waals surface area contributed by atoms with Crippen molar-refractivity contribution in [3.05, 3.63) is 53.3 Å². The fourth-order valence-corrected chi connectivity index (χ4v) is 5.07. The zero-order valence-electron chi connectivity index (χ0n) is 19.7. The van der Waals surface area contributed by atoms with Gasteiger partial charge in [0, 0.05) is 13.0 Å². The summed E-state index contributed by atoms with van der Waals surface area (Å²) in [6, 6.07) is 9.71. The molecule has 2 fully saturated rings. The van der Waals surface area contributed by atoms with Crippen LogP contribution in [0.15, 0.2) is 36.4 Å². The van der Waals surface area contributed by atoms with E-state index in [1.807, 2.05) is 12.1 Å². The van der Waals surface area contributed by atoms with Crippen LogP contribution in [0.25, 0.3) is 0 Å². The Morgan fingerprint density at radius 1 is 1.03 bits per heavy atom. The number of nitrogens with one attached hydrogen (secondary N) is 2. The first-order chi connectivity index (χ1) is 16.4. The van der Waals surface area contributed by atoms with Crippen LogP contribution >= 0.6 is 0 Å². The molecule has 0 bridgehead atoms. The van der Waals surface area contributed by atoms with Crippen LogP contribution in [0.5, 0.6) is 17.2 Å². The Kier molecular flexibility index (Phi) is 6.92. The lowest BCUT2D eigenvalue weighted by atomic mass is 9.74. The average Bonchev–Trinajstić information content (AvgIpc) is 3.13. The highest BCUT2D eigenvalue weighted by molar-refractivity contribution is 6.07. The number of benzene rings is 2. The Bertz CT molecular complexity index is 1050. The van der Waals surface area contributed by atoms with Crippen LogP contribution in [0.2, 0.25) is 0 Å². The molecule has 2 aromatic rings. The molecule has 2 heterocycles. The molecule has 8 nitrogen and oxygen atoms in total. The number of urea groups is 1. The highest BCUT2D eigenvalue weighted by Gasteiger charge is 2.52. The summed E-state index contributed by atoms with van der Waals surface area (Å²) in [4.78, 5) is 27.3. The zero-order chi connectivity index (χ0) is 24.3. The molecule has 182 valence electrons. The summed E-state index contributed by atoms with van der Waals surface area (Å²) in [6.07, 6.45) is 1.49. The first kappa shape index (κ1) is 23.8. The van der Waals surface area contributed by atoms with E-state index < -0.39 is 11.6 Å². The van der Waals surface area contributed by atoms with E-state index in [1.54, 1.807) is 39.5 Å². The number of hydrogen-bond donors (Lipinski definition) is 2. The molecule has 2 saturated heterocycles. The van der Waals surface area contributed by atoms with Crippen molar-refractivity contribution in [2.24, 2.45) is 5.92 Å². The molecule has 3 amide bonds. The quantitative estimate of drug-likeness (QED) is 0.576. The number of carbonyl (C=O) groups excluding carboxylic acids is 2. The molecule has 0 aliphatic carbocycles. The van der Waals surface area contributed by atoms with Gasteiger partial charge in [0.05, 0.1) is 21.3 Å². The molecule has 0 aromatic heterocycles. The van der Waals surface area contributed by atoms with Gasteiger partial charge in [0.15, 0.2) is 11.5 Å². The van der Waals surface area contributed by atoms with Gasteiger partial charge in [0.1, 0.15) is 11.4 Å². The third kappa shape index (κ3) is 4.52. The summed E-state index contributed by atoms with van der Waals surface area (Å²) in [5.74, 6) is 0.863. The molecule has 2 aromatic carbocycles. The molecule has 0 saturated carbocycles. The second-order valence-electron chi connectivity index (χ2n) is 8.73. The third-order valence-corrected chi connectivity index (χ3v) is 6.81. The molecule has 9 heteroatoms. The van der Waals surface area contributed by atoms with Crippen molar-refractivity contribution in [3.8, 4) is 17.2 Å². The topological polar surface area (TPSA) is 89.1 Å². The van der Waals surface area contributed by atoms with Gasteiger partial charge in [-0.1, -0.05) is 18.2 Å². The maximum absolute atomic E-state index is 14.4. The number of amides is 3. The van der Waals surface area contributed by atoms with E-state index in [9.17, 15) is 14.0 Å². The number of halogens is 1. The van der Waals surface area contributed by atoms with Crippen LogP contribution in [-0.4, -0.2) is 56.8 Å².